The molecular weight excluding hydrogens is 240 g/mol. The van der Waals surface area contributed by atoms with E-state index < -0.39 is 11.0 Å². The number of halogens is 1. The van der Waals surface area contributed by atoms with Crippen LogP contribution >= 0.6 is 11.6 Å². The van der Waals surface area contributed by atoms with Gasteiger partial charge >= 0.3 is 5.43 Å². The van der Waals surface area contributed by atoms with Crippen molar-refractivity contribution in [2.45, 2.75) is 37.7 Å². The van der Waals surface area contributed by atoms with E-state index in [4.69, 9.17) is 9.90 Å². The molecule has 0 radical (unpaired) electrons. The highest BCUT2D eigenvalue weighted by atomic mass is 35.5. The fraction of sp³-hybridized carbons (Fsp3) is 0.462. The molecule has 94 valence electrons. The summed E-state index contributed by atoms with van der Waals surface area (Å²) in [5, 5.41) is 17.5. The lowest BCUT2D eigenvalue weighted by Gasteiger charge is -2.32. The molecule has 1 saturated carbocycles. The van der Waals surface area contributed by atoms with Gasteiger partial charge in [-0.2, -0.15) is 0 Å². The van der Waals surface area contributed by atoms with Crippen LogP contribution < -0.4 is 0 Å². The zero-order valence-electron chi connectivity index (χ0n) is 9.60. The smallest absolute Gasteiger partial charge is 0.401 e. The van der Waals surface area contributed by atoms with Gasteiger partial charge in [-0.1, -0.05) is 49.6 Å². The van der Waals surface area contributed by atoms with E-state index in [0.717, 1.165) is 31.2 Å². The molecule has 0 saturated heterocycles. The average molecular weight is 257 g/mol. The summed E-state index contributed by atoms with van der Waals surface area (Å²) >= 11 is 4.19. The van der Waals surface area contributed by atoms with Crippen LogP contribution in [0, 0.1) is 0 Å². The predicted octanol–water partition coefficient (Wildman–Crippen LogP) is 3.74. The van der Waals surface area contributed by atoms with Crippen LogP contribution in [0.4, 0.5) is 4.79 Å². The summed E-state index contributed by atoms with van der Waals surface area (Å²) in [6, 6.07) is 10.1. The molecule has 0 bridgehead atoms. The third-order valence-corrected chi connectivity index (χ3v) is 2.99. The Hall–Kier alpha value is -1.06. The first-order valence-corrected chi connectivity index (χ1v) is 6.09. The molecule has 1 aromatic carbocycles. The summed E-state index contributed by atoms with van der Waals surface area (Å²) in [7, 11) is 0. The third kappa shape index (κ3) is 4.75. The molecule has 0 aliphatic heterocycles. The van der Waals surface area contributed by atoms with Crippen molar-refractivity contribution in [3.8, 4) is 0 Å². The molecule has 0 aromatic heterocycles. The van der Waals surface area contributed by atoms with Gasteiger partial charge in [-0.25, -0.2) is 4.79 Å². The number of aliphatic hydroxyl groups is 1. The number of carbonyl (C=O) groups is 1. The van der Waals surface area contributed by atoms with Crippen LogP contribution in [0.3, 0.4) is 0 Å². The molecule has 4 heteroatoms. The fourth-order valence-corrected chi connectivity index (χ4v) is 2.17. The Balaban J connectivity index is 0.000000317. The first-order chi connectivity index (χ1) is 8.04. The minimum absolute atomic E-state index is 0.528. The normalized spacial score (nSPS) is 17.8. The van der Waals surface area contributed by atoms with E-state index in [1.807, 2.05) is 30.3 Å². The first-order valence-electron chi connectivity index (χ1n) is 5.71. The standard InChI is InChI=1S/C12H16O.CHClO2/c13-12(9-5-2-6-10-12)11-7-3-1-4-8-11;2-1(3)4/h1,3-4,7-8,13H,2,5-6,9-10H2;(H,3,4). The topological polar surface area (TPSA) is 57.5 Å². The average Bonchev–Trinajstić information content (AvgIpc) is 2.30. The molecule has 17 heavy (non-hydrogen) atoms. The van der Waals surface area contributed by atoms with Gasteiger partial charge in [0.2, 0.25) is 0 Å². The Kier molecular flexibility index (Phi) is 5.45. The van der Waals surface area contributed by atoms with Crippen molar-refractivity contribution in [3.63, 3.8) is 0 Å². The van der Waals surface area contributed by atoms with Gasteiger partial charge in [0.1, 0.15) is 0 Å². The van der Waals surface area contributed by atoms with Gasteiger partial charge < -0.3 is 10.2 Å². The van der Waals surface area contributed by atoms with Crippen molar-refractivity contribution in [1.82, 2.24) is 0 Å². The maximum Gasteiger partial charge on any atom is 0.401 e. The SMILES string of the molecule is O=C(O)Cl.OC1(c2ccccc2)CCCCC1. The molecule has 2 rings (SSSR count). The van der Waals surface area contributed by atoms with Gasteiger partial charge in [0.15, 0.2) is 0 Å². The second kappa shape index (κ2) is 6.62. The molecular formula is C13H17ClO3. The van der Waals surface area contributed by atoms with E-state index >= 15 is 0 Å². The number of benzene rings is 1. The van der Waals surface area contributed by atoms with Crippen molar-refractivity contribution >= 4 is 17.0 Å². The van der Waals surface area contributed by atoms with E-state index in [2.05, 4.69) is 11.6 Å². The number of rotatable bonds is 1. The van der Waals surface area contributed by atoms with Crippen molar-refractivity contribution in [3.05, 3.63) is 35.9 Å². The van der Waals surface area contributed by atoms with Crippen LogP contribution in [0.1, 0.15) is 37.7 Å². The van der Waals surface area contributed by atoms with Crippen LogP contribution in [0.25, 0.3) is 0 Å². The molecule has 1 fully saturated rings. The van der Waals surface area contributed by atoms with Crippen molar-refractivity contribution < 1.29 is 15.0 Å². The summed E-state index contributed by atoms with van der Waals surface area (Å²) in [6.07, 6.45) is 5.44. The van der Waals surface area contributed by atoms with Crippen molar-refractivity contribution in [1.29, 1.82) is 0 Å². The molecule has 0 atom stereocenters. The summed E-state index contributed by atoms with van der Waals surface area (Å²) in [4.78, 5) is 8.77. The zero-order valence-corrected chi connectivity index (χ0v) is 10.4. The highest BCUT2D eigenvalue weighted by Gasteiger charge is 2.30. The minimum atomic E-state index is -1.36. The summed E-state index contributed by atoms with van der Waals surface area (Å²) in [5.74, 6) is 0. The zero-order chi connectivity index (χ0) is 12.7. The van der Waals surface area contributed by atoms with E-state index in [-0.39, 0.29) is 0 Å². The summed E-state index contributed by atoms with van der Waals surface area (Å²) in [6.45, 7) is 0. The van der Waals surface area contributed by atoms with E-state index in [1.165, 1.54) is 6.42 Å². The minimum Gasteiger partial charge on any atom is -0.469 e. The quantitative estimate of drug-likeness (QED) is 0.753. The Morgan fingerprint density at radius 2 is 1.59 bits per heavy atom. The number of hydrogen-bond donors (Lipinski definition) is 2. The monoisotopic (exact) mass is 256 g/mol. The van der Waals surface area contributed by atoms with Crippen LogP contribution in [0.15, 0.2) is 30.3 Å². The maximum atomic E-state index is 10.3. The van der Waals surface area contributed by atoms with E-state index in [9.17, 15) is 5.11 Å². The third-order valence-electron chi connectivity index (χ3n) is 2.99. The lowest BCUT2D eigenvalue weighted by atomic mass is 9.80. The predicted molar refractivity (Wildman–Crippen MR) is 67.3 cm³/mol. The molecule has 1 aliphatic rings. The molecule has 2 N–H and O–H groups in total. The molecule has 0 spiro atoms. The van der Waals surface area contributed by atoms with Crippen molar-refractivity contribution in [2.75, 3.05) is 0 Å². The fourth-order valence-electron chi connectivity index (χ4n) is 2.17. The Labute approximate surface area is 106 Å². The van der Waals surface area contributed by atoms with Crippen molar-refractivity contribution in [2.24, 2.45) is 0 Å². The van der Waals surface area contributed by atoms with Gasteiger partial charge in [-0.15, -0.1) is 0 Å². The van der Waals surface area contributed by atoms with Crippen LogP contribution in [-0.2, 0) is 5.60 Å². The Morgan fingerprint density at radius 3 is 2.06 bits per heavy atom. The van der Waals surface area contributed by atoms with Crippen LogP contribution in [0.2, 0.25) is 0 Å². The molecule has 0 unspecified atom stereocenters. The largest absolute Gasteiger partial charge is 0.469 e. The lowest BCUT2D eigenvalue weighted by Crippen LogP contribution is -2.28. The van der Waals surface area contributed by atoms with Crippen LogP contribution in [-0.4, -0.2) is 15.6 Å². The maximum absolute atomic E-state index is 10.3. The van der Waals surface area contributed by atoms with Crippen LogP contribution in [0.5, 0.6) is 0 Å². The molecule has 0 amide bonds. The van der Waals surface area contributed by atoms with Gasteiger partial charge in [0, 0.05) is 11.6 Å². The first kappa shape index (κ1) is 14.0. The molecule has 1 aromatic rings. The van der Waals surface area contributed by atoms with E-state index in [1.54, 1.807) is 0 Å². The molecule has 0 heterocycles. The Morgan fingerprint density at radius 1 is 1.12 bits per heavy atom. The lowest BCUT2D eigenvalue weighted by molar-refractivity contribution is -0.000624. The second-order valence-electron chi connectivity index (χ2n) is 4.21. The van der Waals surface area contributed by atoms with Gasteiger partial charge in [-0.3, -0.25) is 0 Å². The highest BCUT2D eigenvalue weighted by Crippen LogP contribution is 2.36. The number of carboxylic acid groups (broad SMARTS) is 1. The van der Waals surface area contributed by atoms with E-state index in [0.29, 0.717) is 0 Å². The number of hydrogen-bond acceptors (Lipinski definition) is 2. The summed E-state index contributed by atoms with van der Waals surface area (Å²) in [5.41, 5.74) is -0.797. The second-order valence-corrected chi connectivity index (χ2v) is 4.53. The van der Waals surface area contributed by atoms with Gasteiger partial charge in [0.25, 0.3) is 0 Å². The molecule has 3 nitrogen and oxygen atoms in total. The Bertz CT molecular complexity index is 341. The van der Waals surface area contributed by atoms with Gasteiger partial charge in [-0.05, 0) is 18.4 Å². The van der Waals surface area contributed by atoms with Gasteiger partial charge in [0.05, 0.1) is 5.60 Å². The summed E-state index contributed by atoms with van der Waals surface area (Å²) < 4.78 is 0. The molecule has 1 aliphatic carbocycles. The highest BCUT2D eigenvalue weighted by molar-refractivity contribution is 6.60.